The minimum atomic E-state index is -0.239. The van der Waals surface area contributed by atoms with Gasteiger partial charge in [-0.1, -0.05) is 23.7 Å². The molecule has 1 amide bonds. The second-order valence-corrected chi connectivity index (χ2v) is 7.57. The van der Waals surface area contributed by atoms with Crippen LogP contribution in [0.5, 0.6) is 5.88 Å². The number of nitrogen functional groups attached to an aromatic ring is 1. The van der Waals surface area contributed by atoms with Gasteiger partial charge in [0.15, 0.2) is 6.61 Å². The van der Waals surface area contributed by atoms with Crippen LogP contribution in [0.2, 0.25) is 5.02 Å². The maximum atomic E-state index is 13.1. The Balaban J connectivity index is 1.57. The molecule has 0 spiro atoms. The molecule has 3 rings (SSSR count). The molecule has 0 saturated carbocycles. The molecular formula is C20H24ClFN4O2. The van der Waals surface area contributed by atoms with Crippen molar-refractivity contribution in [3.05, 3.63) is 52.9 Å². The normalized spacial score (nSPS) is 20.2. The molecular weight excluding hydrogens is 383 g/mol. The highest BCUT2D eigenvalue weighted by Gasteiger charge is 2.32. The number of carbonyl (C=O) groups excluding carboxylic acids is 1. The molecule has 1 aliphatic rings. The number of amides is 1. The van der Waals surface area contributed by atoms with Crippen molar-refractivity contribution in [2.24, 2.45) is 0 Å². The molecule has 2 N–H and O–H groups in total. The number of rotatable bonds is 5. The lowest BCUT2D eigenvalue weighted by Gasteiger charge is -2.44. The Morgan fingerprint density at radius 3 is 2.68 bits per heavy atom. The van der Waals surface area contributed by atoms with E-state index in [0.717, 1.165) is 18.7 Å². The summed E-state index contributed by atoms with van der Waals surface area (Å²) in [6.07, 6.45) is 1.43. The molecule has 2 atom stereocenters. The first-order valence-electron chi connectivity index (χ1n) is 9.15. The zero-order valence-electron chi connectivity index (χ0n) is 15.9. The van der Waals surface area contributed by atoms with E-state index in [9.17, 15) is 9.18 Å². The molecule has 1 aliphatic heterocycles. The summed E-state index contributed by atoms with van der Waals surface area (Å²) in [5.41, 5.74) is 7.16. The van der Waals surface area contributed by atoms with E-state index in [1.165, 1.54) is 24.4 Å². The van der Waals surface area contributed by atoms with Crippen LogP contribution in [0, 0.1) is 5.82 Å². The zero-order chi connectivity index (χ0) is 20.3. The van der Waals surface area contributed by atoms with E-state index in [1.54, 1.807) is 12.1 Å². The van der Waals surface area contributed by atoms with Gasteiger partial charge >= 0.3 is 0 Å². The van der Waals surface area contributed by atoms with Crippen molar-refractivity contribution in [1.29, 1.82) is 0 Å². The van der Waals surface area contributed by atoms with Crippen molar-refractivity contribution in [2.75, 3.05) is 25.4 Å². The van der Waals surface area contributed by atoms with Gasteiger partial charge in [-0.05, 0) is 37.6 Å². The van der Waals surface area contributed by atoms with Crippen molar-refractivity contribution in [1.82, 2.24) is 14.8 Å². The first-order valence-corrected chi connectivity index (χ1v) is 9.53. The number of halogens is 2. The molecule has 2 aromatic rings. The number of ether oxygens (including phenoxy) is 1. The van der Waals surface area contributed by atoms with Crippen LogP contribution < -0.4 is 10.5 Å². The minimum absolute atomic E-state index is 0.0308. The lowest BCUT2D eigenvalue weighted by molar-refractivity contribution is -0.139. The number of hydrogen-bond acceptors (Lipinski definition) is 5. The van der Waals surface area contributed by atoms with Crippen LogP contribution >= 0.6 is 11.6 Å². The number of nitrogens with two attached hydrogens (primary N) is 1. The molecule has 2 heterocycles. The zero-order valence-corrected chi connectivity index (χ0v) is 16.7. The number of benzene rings is 1. The topological polar surface area (TPSA) is 71.7 Å². The first kappa shape index (κ1) is 20.4. The van der Waals surface area contributed by atoms with Gasteiger partial charge in [0, 0.05) is 37.9 Å². The summed E-state index contributed by atoms with van der Waals surface area (Å²) in [6, 6.07) is 8.26. The molecule has 0 aliphatic carbocycles. The van der Waals surface area contributed by atoms with Gasteiger partial charge < -0.3 is 15.4 Å². The predicted molar refractivity (Wildman–Crippen MR) is 107 cm³/mol. The average Bonchev–Trinajstić information content (AvgIpc) is 2.65. The SMILES string of the molecule is CC1CN(C(=O)COc2ncc(Cl)cc2N)C(C)CN1Cc1ccc(F)cc1. The number of carbonyl (C=O) groups is 1. The van der Waals surface area contributed by atoms with E-state index in [-0.39, 0.29) is 36.3 Å². The summed E-state index contributed by atoms with van der Waals surface area (Å²) >= 11 is 5.82. The summed E-state index contributed by atoms with van der Waals surface area (Å²) in [5.74, 6) is -0.151. The number of pyridine rings is 1. The Kier molecular flexibility index (Phi) is 6.36. The van der Waals surface area contributed by atoms with Gasteiger partial charge in [-0.2, -0.15) is 0 Å². The number of anilines is 1. The Bertz CT molecular complexity index is 833. The Morgan fingerprint density at radius 1 is 1.29 bits per heavy atom. The summed E-state index contributed by atoms with van der Waals surface area (Å²) in [5, 5.41) is 0.413. The molecule has 8 heteroatoms. The summed E-state index contributed by atoms with van der Waals surface area (Å²) < 4.78 is 18.6. The van der Waals surface area contributed by atoms with Gasteiger partial charge in [0.2, 0.25) is 5.88 Å². The van der Waals surface area contributed by atoms with Gasteiger partial charge in [-0.3, -0.25) is 9.69 Å². The third-order valence-electron chi connectivity index (χ3n) is 4.91. The third kappa shape index (κ3) is 4.91. The monoisotopic (exact) mass is 406 g/mol. The Morgan fingerprint density at radius 2 is 2.00 bits per heavy atom. The second kappa shape index (κ2) is 8.75. The van der Waals surface area contributed by atoms with E-state index in [1.807, 2.05) is 11.8 Å². The maximum absolute atomic E-state index is 13.1. The maximum Gasteiger partial charge on any atom is 0.260 e. The van der Waals surface area contributed by atoms with Crippen molar-refractivity contribution in [3.8, 4) is 5.88 Å². The highest BCUT2D eigenvalue weighted by molar-refractivity contribution is 6.30. The van der Waals surface area contributed by atoms with Gasteiger partial charge in [-0.15, -0.1) is 0 Å². The van der Waals surface area contributed by atoms with E-state index in [2.05, 4.69) is 16.8 Å². The van der Waals surface area contributed by atoms with Crippen LogP contribution in [0.25, 0.3) is 0 Å². The molecule has 150 valence electrons. The van der Waals surface area contributed by atoms with Crippen molar-refractivity contribution in [2.45, 2.75) is 32.5 Å². The molecule has 2 unspecified atom stereocenters. The minimum Gasteiger partial charge on any atom is -0.466 e. The summed E-state index contributed by atoms with van der Waals surface area (Å²) in [4.78, 5) is 20.8. The van der Waals surface area contributed by atoms with Crippen molar-refractivity contribution < 1.29 is 13.9 Å². The lowest BCUT2D eigenvalue weighted by atomic mass is 10.1. The Hall–Kier alpha value is -2.38. The van der Waals surface area contributed by atoms with Crippen LogP contribution in [0.1, 0.15) is 19.4 Å². The number of nitrogens with zero attached hydrogens (tertiary/aromatic N) is 3. The highest BCUT2D eigenvalue weighted by atomic mass is 35.5. The van der Waals surface area contributed by atoms with Gasteiger partial charge in [0.25, 0.3) is 5.91 Å². The molecule has 0 radical (unpaired) electrons. The van der Waals surface area contributed by atoms with E-state index >= 15 is 0 Å². The fraction of sp³-hybridized carbons (Fsp3) is 0.400. The largest absolute Gasteiger partial charge is 0.466 e. The lowest BCUT2D eigenvalue weighted by Crippen LogP contribution is -2.58. The smallest absolute Gasteiger partial charge is 0.260 e. The molecule has 6 nitrogen and oxygen atoms in total. The predicted octanol–water partition coefficient (Wildman–Crippen LogP) is 2.96. The standard InChI is InChI=1S/C20H24ClFN4O2/c1-13-10-26(19(27)12-28-20-18(23)7-16(21)8-24-20)14(2)9-25(13)11-15-3-5-17(22)6-4-15/h3-8,13-14H,9-12,23H2,1-2H3. The van der Waals surface area contributed by atoms with Gasteiger partial charge in [-0.25, -0.2) is 9.37 Å². The average molecular weight is 407 g/mol. The van der Waals surface area contributed by atoms with Crippen LogP contribution in [-0.2, 0) is 11.3 Å². The molecule has 1 aromatic carbocycles. The van der Waals surface area contributed by atoms with Gasteiger partial charge in [0.1, 0.15) is 5.82 Å². The van der Waals surface area contributed by atoms with Crippen LogP contribution in [0.15, 0.2) is 36.5 Å². The van der Waals surface area contributed by atoms with Gasteiger partial charge in [0.05, 0.1) is 10.7 Å². The fourth-order valence-electron chi connectivity index (χ4n) is 3.37. The highest BCUT2D eigenvalue weighted by Crippen LogP contribution is 2.22. The van der Waals surface area contributed by atoms with E-state index in [0.29, 0.717) is 17.3 Å². The van der Waals surface area contributed by atoms with E-state index < -0.39 is 0 Å². The first-order chi connectivity index (χ1) is 13.3. The summed E-state index contributed by atoms with van der Waals surface area (Å²) in [7, 11) is 0. The number of hydrogen-bond donors (Lipinski definition) is 1. The molecule has 1 aromatic heterocycles. The summed E-state index contributed by atoms with van der Waals surface area (Å²) in [6.45, 7) is 5.99. The number of aromatic nitrogens is 1. The van der Waals surface area contributed by atoms with Crippen LogP contribution in [0.4, 0.5) is 10.1 Å². The third-order valence-corrected chi connectivity index (χ3v) is 5.12. The molecule has 1 fully saturated rings. The molecule has 1 saturated heterocycles. The van der Waals surface area contributed by atoms with Crippen molar-refractivity contribution >= 4 is 23.2 Å². The van der Waals surface area contributed by atoms with Crippen molar-refractivity contribution in [3.63, 3.8) is 0 Å². The molecule has 0 bridgehead atoms. The fourth-order valence-corrected chi connectivity index (χ4v) is 3.53. The second-order valence-electron chi connectivity index (χ2n) is 7.14. The number of piperazine rings is 1. The Labute approximate surface area is 169 Å². The molecule has 28 heavy (non-hydrogen) atoms. The van der Waals surface area contributed by atoms with E-state index in [4.69, 9.17) is 22.1 Å². The quantitative estimate of drug-likeness (QED) is 0.826. The van der Waals surface area contributed by atoms with Crippen LogP contribution in [-0.4, -0.2) is 52.5 Å². The van der Waals surface area contributed by atoms with Crippen LogP contribution in [0.3, 0.4) is 0 Å².